The third-order valence-corrected chi connectivity index (χ3v) is 3.32. The van der Waals surface area contributed by atoms with Crippen LogP contribution in [0.4, 0.5) is 11.8 Å². The molecule has 1 aromatic carbocycles. The average molecular weight is 319 g/mol. The summed E-state index contributed by atoms with van der Waals surface area (Å²) in [7, 11) is 0. The van der Waals surface area contributed by atoms with E-state index in [0.717, 1.165) is 12.1 Å². The van der Waals surface area contributed by atoms with E-state index in [0.29, 0.717) is 23.9 Å². The molecule has 0 radical (unpaired) electrons. The number of nitrogens with one attached hydrogen (secondary N) is 2. The van der Waals surface area contributed by atoms with E-state index in [1.54, 1.807) is 30.6 Å². The van der Waals surface area contributed by atoms with Gasteiger partial charge in [0, 0.05) is 36.6 Å². The van der Waals surface area contributed by atoms with Crippen LogP contribution in [0.3, 0.4) is 0 Å². The first kappa shape index (κ1) is 15.6. The van der Waals surface area contributed by atoms with Gasteiger partial charge in [0.05, 0.1) is 0 Å². The van der Waals surface area contributed by atoms with Crippen LogP contribution in [0.15, 0.2) is 67.0 Å². The first-order chi connectivity index (χ1) is 11.8. The van der Waals surface area contributed by atoms with Gasteiger partial charge in [-0.3, -0.25) is 9.78 Å². The summed E-state index contributed by atoms with van der Waals surface area (Å²) in [6, 6.07) is 16.5. The van der Waals surface area contributed by atoms with Crippen LogP contribution in [0.5, 0.6) is 0 Å². The van der Waals surface area contributed by atoms with Crippen LogP contribution >= 0.6 is 0 Å². The van der Waals surface area contributed by atoms with Crippen LogP contribution in [0.2, 0.25) is 0 Å². The first-order valence-corrected chi connectivity index (χ1v) is 7.64. The van der Waals surface area contributed by atoms with E-state index in [4.69, 9.17) is 0 Å². The standard InChI is InChI=1S/C18H17N5O/c24-17(14-6-2-1-3-7-14)22-16-10-13-21-18(23-16)20-12-9-15-8-4-5-11-19-15/h1-8,10-11,13H,9,12H2,(H2,20,21,22,23,24). The van der Waals surface area contributed by atoms with E-state index >= 15 is 0 Å². The van der Waals surface area contributed by atoms with E-state index in [1.807, 2.05) is 36.4 Å². The summed E-state index contributed by atoms with van der Waals surface area (Å²) < 4.78 is 0. The van der Waals surface area contributed by atoms with E-state index in [2.05, 4.69) is 25.6 Å². The second kappa shape index (κ2) is 7.82. The third kappa shape index (κ3) is 4.36. The lowest BCUT2D eigenvalue weighted by Crippen LogP contribution is -2.14. The number of hydrogen-bond acceptors (Lipinski definition) is 5. The summed E-state index contributed by atoms with van der Waals surface area (Å²) in [6.07, 6.45) is 4.15. The zero-order valence-corrected chi connectivity index (χ0v) is 13.0. The summed E-state index contributed by atoms with van der Waals surface area (Å²) in [5.41, 5.74) is 1.58. The second-order valence-electron chi connectivity index (χ2n) is 5.08. The molecule has 0 saturated heterocycles. The highest BCUT2D eigenvalue weighted by Crippen LogP contribution is 2.08. The van der Waals surface area contributed by atoms with Gasteiger partial charge in [-0.15, -0.1) is 0 Å². The lowest BCUT2D eigenvalue weighted by molar-refractivity contribution is 0.102. The summed E-state index contributed by atoms with van der Waals surface area (Å²) in [4.78, 5) is 24.8. The molecule has 0 atom stereocenters. The number of benzene rings is 1. The van der Waals surface area contributed by atoms with Crippen molar-refractivity contribution in [2.75, 3.05) is 17.2 Å². The summed E-state index contributed by atoms with van der Waals surface area (Å²) in [5.74, 6) is 0.727. The van der Waals surface area contributed by atoms with E-state index in [-0.39, 0.29) is 5.91 Å². The van der Waals surface area contributed by atoms with Crippen molar-refractivity contribution in [2.24, 2.45) is 0 Å². The molecule has 3 rings (SSSR count). The Morgan fingerprint density at radius 3 is 2.54 bits per heavy atom. The molecule has 6 nitrogen and oxygen atoms in total. The van der Waals surface area contributed by atoms with Crippen LogP contribution < -0.4 is 10.6 Å². The predicted octanol–water partition coefficient (Wildman–Crippen LogP) is 2.78. The average Bonchev–Trinajstić information content (AvgIpc) is 2.64. The van der Waals surface area contributed by atoms with Gasteiger partial charge in [0.25, 0.3) is 5.91 Å². The molecular weight excluding hydrogens is 302 g/mol. The van der Waals surface area contributed by atoms with Crippen molar-refractivity contribution in [3.8, 4) is 0 Å². The minimum Gasteiger partial charge on any atom is -0.354 e. The number of carbonyl (C=O) groups is 1. The normalized spacial score (nSPS) is 10.2. The molecule has 2 aromatic heterocycles. The van der Waals surface area contributed by atoms with Gasteiger partial charge in [0.15, 0.2) is 0 Å². The summed E-state index contributed by atoms with van der Waals surface area (Å²) >= 11 is 0. The van der Waals surface area contributed by atoms with Gasteiger partial charge >= 0.3 is 0 Å². The topological polar surface area (TPSA) is 79.8 Å². The number of aromatic nitrogens is 3. The van der Waals surface area contributed by atoms with Gasteiger partial charge in [-0.25, -0.2) is 4.98 Å². The van der Waals surface area contributed by atoms with Crippen molar-refractivity contribution in [1.29, 1.82) is 0 Å². The largest absolute Gasteiger partial charge is 0.354 e. The lowest BCUT2D eigenvalue weighted by Gasteiger charge is -2.07. The molecule has 0 aliphatic rings. The van der Waals surface area contributed by atoms with Crippen molar-refractivity contribution in [2.45, 2.75) is 6.42 Å². The molecule has 0 unspecified atom stereocenters. The van der Waals surface area contributed by atoms with Crippen LogP contribution in [-0.4, -0.2) is 27.4 Å². The van der Waals surface area contributed by atoms with Gasteiger partial charge in [-0.1, -0.05) is 24.3 Å². The number of anilines is 2. The van der Waals surface area contributed by atoms with Gasteiger partial charge in [-0.05, 0) is 30.3 Å². The van der Waals surface area contributed by atoms with E-state index in [1.165, 1.54) is 0 Å². The van der Waals surface area contributed by atoms with E-state index in [9.17, 15) is 4.79 Å². The predicted molar refractivity (Wildman–Crippen MR) is 92.9 cm³/mol. The Labute approximate surface area is 140 Å². The summed E-state index contributed by atoms with van der Waals surface area (Å²) in [6.45, 7) is 0.660. The molecule has 2 heterocycles. The second-order valence-corrected chi connectivity index (χ2v) is 5.08. The third-order valence-electron chi connectivity index (χ3n) is 3.32. The molecule has 6 heteroatoms. The molecule has 1 amide bonds. The van der Waals surface area contributed by atoms with Crippen LogP contribution in [0, 0.1) is 0 Å². The highest BCUT2D eigenvalue weighted by atomic mass is 16.1. The molecule has 0 saturated carbocycles. The molecule has 120 valence electrons. The number of nitrogens with zero attached hydrogens (tertiary/aromatic N) is 3. The van der Waals surface area contributed by atoms with Crippen molar-refractivity contribution in [1.82, 2.24) is 15.0 Å². The monoisotopic (exact) mass is 319 g/mol. The Kier molecular flexibility index (Phi) is 5.09. The zero-order valence-electron chi connectivity index (χ0n) is 13.0. The number of hydrogen-bond donors (Lipinski definition) is 2. The van der Waals surface area contributed by atoms with Crippen LogP contribution in [0.25, 0.3) is 0 Å². The van der Waals surface area contributed by atoms with Crippen molar-refractivity contribution < 1.29 is 4.79 Å². The number of carbonyl (C=O) groups excluding carboxylic acids is 1. The molecular formula is C18H17N5O. The van der Waals surface area contributed by atoms with Crippen LogP contribution in [0.1, 0.15) is 16.1 Å². The summed E-state index contributed by atoms with van der Waals surface area (Å²) in [5, 5.41) is 5.90. The maximum atomic E-state index is 12.1. The molecule has 0 aliphatic heterocycles. The maximum absolute atomic E-state index is 12.1. The molecule has 0 spiro atoms. The molecule has 0 fully saturated rings. The Morgan fingerprint density at radius 2 is 1.75 bits per heavy atom. The Balaban J connectivity index is 1.57. The minimum absolute atomic E-state index is 0.200. The van der Waals surface area contributed by atoms with Gasteiger partial charge in [0.2, 0.25) is 5.95 Å². The highest BCUT2D eigenvalue weighted by molar-refractivity contribution is 6.03. The Morgan fingerprint density at radius 1 is 0.917 bits per heavy atom. The fourth-order valence-corrected chi connectivity index (χ4v) is 2.14. The fraction of sp³-hybridized carbons (Fsp3) is 0.111. The number of rotatable bonds is 6. The number of amides is 1. The van der Waals surface area contributed by atoms with Crippen molar-refractivity contribution >= 4 is 17.7 Å². The molecule has 0 bridgehead atoms. The van der Waals surface area contributed by atoms with Gasteiger partial charge in [-0.2, -0.15) is 4.98 Å². The van der Waals surface area contributed by atoms with Gasteiger partial charge < -0.3 is 10.6 Å². The smallest absolute Gasteiger partial charge is 0.256 e. The highest BCUT2D eigenvalue weighted by Gasteiger charge is 2.06. The van der Waals surface area contributed by atoms with Crippen molar-refractivity contribution in [3.05, 3.63) is 78.2 Å². The fourth-order valence-electron chi connectivity index (χ4n) is 2.14. The molecule has 0 aliphatic carbocycles. The van der Waals surface area contributed by atoms with Crippen molar-refractivity contribution in [3.63, 3.8) is 0 Å². The Bertz CT molecular complexity index is 793. The SMILES string of the molecule is O=C(Nc1ccnc(NCCc2ccccn2)n1)c1ccccc1. The molecule has 24 heavy (non-hydrogen) atoms. The quantitative estimate of drug-likeness (QED) is 0.730. The Hall–Kier alpha value is -3.28. The lowest BCUT2D eigenvalue weighted by atomic mass is 10.2. The molecule has 3 aromatic rings. The van der Waals surface area contributed by atoms with Crippen LogP contribution in [-0.2, 0) is 6.42 Å². The molecule has 2 N–H and O–H groups in total. The van der Waals surface area contributed by atoms with Gasteiger partial charge in [0.1, 0.15) is 5.82 Å². The minimum atomic E-state index is -0.200. The zero-order chi connectivity index (χ0) is 16.6. The number of pyridine rings is 1. The van der Waals surface area contributed by atoms with E-state index < -0.39 is 0 Å². The maximum Gasteiger partial charge on any atom is 0.256 e. The first-order valence-electron chi connectivity index (χ1n) is 7.64.